The zero-order valence-electron chi connectivity index (χ0n) is 27.0. The van der Waals surface area contributed by atoms with E-state index in [4.69, 9.17) is 18.9 Å². The van der Waals surface area contributed by atoms with Gasteiger partial charge < -0.3 is 48.5 Å². The summed E-state index contributed by atoms with van der Waals surface area (Å²) in [4.78, 5) is 0. The molecule has 2 aliphatic rings. The van der Waals surface area contributed by atoms with Gasteiger partial charge in [0.05, 0.1) is 19.8 Å². The van der Waals surface area contributed by atoms with E-state index in [2.05, 4.69) is 15.3 Å². The molecule has 0 amide bonds. The van der Waals surface area contributed by atoms with Gasteiger partial charge in [0, 0.05) is 6.61 Å². The van der Waals surface area contributed by atoms with Crippen LogP contribution in [-0.2, 0) is 48.1 Å². The molecular formula is C26H48Na2O16S2. The fourth-order valence-corrected chi connectivity index (χ4v) is 5.97. The molecule has 2 saturated heterocycles. The first-order valence-corrected chi connectivity index (χ1v) is 17.9. The van der Waals surface area contributed by atoms with Crippen molar-refractivity contribution in [1.82, 2.24) is 0 Å². The SMILES string of the molecule is CCCCCCCCCCCCCCOC[C@H](O)[C@H]1OC[C@@H](O)[C@@H]1O[C@@H]1O[C@H](COS(=O)(=O)[O-])[C@H](O)[C@H](OS(=O)(=O)[O-])[C@H]1O.[Na+].[Na+]. The van der Waals surface area contributed by atoms with Crippen LogP contribution in [0.2, 0.25) is 0 Å². The van der Waals surface area contributed by atoms with E-state index in [9.17, 15) is 46.4 Å². The molecule has 20 heteroatoms. The third-order valence-electron chi connectivity index (χ3n) is 7.51. The van der Waals surface area contributed by atoms with E-state index in [0.717, 1.165) is 25.7 Å². The van der Waals surface area contributed by atoms with Crippen LogP contribution in [0, 0.1) is 0 Å². The topological polar surface area (TPSA) is 251 Å². The molecule has 0 aromatic carbocycles. The van der Waals surface area contributed by atoms with Crippen LogP contribution in [0.15, 0.2) is 0 Å². The zero-order valence-corrected chi connectivity index (χ0v) is 32.6. The number of hydrogen-bond donors (Lipinski definition) is 4. The van der Waals surface area contributed by atoms with Gasteiger partial charge in [-0.2, -0.15) is 0 Å². The second kappa shape index (κ2) is 24.6. The maximum Gasteiger partial charge on any atom is 1.00 e. The fraction of sp³-hybridized carbons (Fsp3) is 1.00. The molecule has 2 rings (SSSR count). The molecule has 0 saturated carbocycles. The summed E-state index contributed by atoms with van der Waals surface area (Å²) < 4.78 is 96.1. The summed E-state index contributed by atoms with van der Waals surface area (Å²) in [6, 6.07) is 0. The van der Waals surface area contributed by atoms with Crippen LogP contribution in [0.25, 0.3) is 0 Å². The van der Waals surface area contributed by atoms with Crippen LogP contribution in [0.1, 0.15) is 84.0 Å². The molecule has 4 N–H and O–H groups in total. The third kappa shape index (κ3) is 18.6. The Labute approximate surface area is 316 Å². The average Bonchev–Trinajstić information content (AvgIpc) is 3.30. The molecule has 0 bridgehead atoms. The largest absolute Gasteiger partial charge is 1.00 e. The predicted molar refractivity (Wildman–Crippen MR) is 149 cm³/mol. The number of aliphatic hydroxyl groups excluding tert-OH is 4. The summed E-state index contributed by atoms with van der Waals surface area (Å²) in [6.45, 7) is 0.957. The molecule has 0 aromatic rings. The van der Waals surface area contributed by atoms with Crippen LogP contribution >= 0.6 is 0 Å². The van der Waals surface area contributed by atoms with E-state index in [0.29, 0.717) is 6.61 Å². The Hall–Kier alpha value is 1.42. The van der Waals surface area contributed by atoms with Gasteiger partial charge in [-0.15, -0.1) is 0 Å². The zero-order chi connectivity index (χ0) is 32.8. The molecule has 0 spiro atoms. The van der Waals surface area contributed by atoms with Gasteiger partial charge in [-0.25, -0.2) is 16.8 Å². The summed E-state index contributed by atoms with van der Waals surface area (Å²) in [5.74, 6) is 0. The van der Waals surface area contributed by atoms with Crippen molar-refractivity contribution in [3.05, 3.63) is 0 Å². The monoisotopic (exact) mass is 726 g/mol. The van der Waals surface area contributed by atoms with Crippen molar-refractivity contribution < 1.29 is 133 Å². The molecule has 9 atom stereocenters. The van der Waals surface area contributed by atoms with E-state index in [1.165, 1.54) is 51.4 Å². The van der Waals surface area contributed by atoms with Crippen molar-refractivity contribution in [2.24, 2.45) is 0 Å². The average molecular weight is 727 g/mol. The van der Waals surface area contributed by atoms with E-state index >= 15 is 0 Å². The van der Waals surface area contributed by atoms with Gasteiger partial charge >= 0.3 is 59.1 Å². The maximum atomic E-state index is 11.2. The number of unbranched alkanes of at least 4 members (excludes halogenated alkanes) is 11. The molecule has 0 radical (unpaired) electrons. The molecule has 0 aliphatic carbocycles. The Kier molecular flexibility index (Phi) is 25.3. The first-order chi connectivity index (χ1) is 20.7. The Bertz CT molecular complexity index is 1010. The van der Waals surface area contributed by atoms with Crippen LogP contribution in [0.5, 0.6) is 0 Å². The van der Waals surface area contributed by atoms with Crippen LogP contribution in [0.4, 0.5) is 0 Å². The van der Waals surface area contributed by atoms with Crippen molar-refractivity contribution in [3.63, 3.8) is 0 Å². The van der Waals surface area contributed by atoms with Gasteiger partial charge in [0.2, 0.25) is 20.8 Å². The molecule has 2 fully saturated rings. The van der Waals surface area contributed by atoms with Crippen molar-refractivity contribution in [2.45, 2.75) is 139 Å². The Morgan fingerprint density at radius 2 is 1.35 bits per heavy atom. The normalized spacial score (nSPS) is 29.2. The Balaban J connectivity index is 0.0000101. The summed E-state index contributed by atoms with van der Waals surface area (Å²) in [6.07, 6.45) is -1.37. The van der Waals surface area contributed by atoms with Gasteiger partial charge in [-0.3, -0.25) is 8.37 Å². The maximum absolute atomic E-state index is 11.2. The van der Waals surface area contributed by atoms with Gasteiger partial charge in [0.25, 0.3) is 0 Å². The molecular weight excluding hydrogens is 678 g/mol. The van der Waals surface area contributed by atoms with Crippen LogP contribution in [-0.4, -0.2) is 128 Å². The third-order valence-corrected chi connectivity index (χ3v) is 8.39. The van der Waals surface area contributed by atoms with Crippen molar-refractivity contribution >= 4 is 20.8 Å². The molecule has 0 unspecified atom stereocenters. The van der Waals surface area contributed by atoms with Crippen LogP contribution in [0.3, 0.4) is 0 Å². The minimum atomic E-state index is -5.50. The summed E-state index contributed by atoms with van der Waals surface area (Å²) in [5, 5.41) is 41.9. The number of hydrogen-bond acceptors (Lipinski definition) is 16. The van der Waals surface area contributed by atoms with Crippen molar-refractivity contribution in [2.75, 3.05) is 26.4 Å². The van der Waals surface area contributed by atoms with E-state index < -0.39 is 82.5 Å². The summed E-state index contributed by atoms with van der Waals surface area (Å²) >= 11 is 0. The van der Waals surface area contributed by atoms with Crippen molar-refractivity contribution in [3.8, 4) is 0 Å². The summed E-state index contributed by atoms with van der Waals surface area (Å²) in [5.41, 5.74) is 0. The molecule has 262 valence electrons. The van der Waals surface area contributed by atoms with Crippen LogP contribution < -0.4 is 59.1 Å². The Morgan fingerprint density at radius 1 is 0.804 bits per heavy atom. The number of ether oxygens (including phenoxy) is 4. The quantitative estimate of drug-likeness (QED) is 0.0331. The van der Waals surface area contributed by atoms with Gasteiger partial charge in [0.1, 0.15) is 48.8 Å². The molecule has 16 nitrogen and oxygen atoms in total. The first-order valence-electron chi connectivity index (χ1n) is 15.2. The minimum absolute atomic E-state index is 0. The smallest absolute Gasteiger partial charge is 0.726 e. The van der Waals surface area contributed by atoms with Gasteiger partial charge in [-0.05, 0) is 6.42 Å². The number of aliphatic hydroxyl groups is 4. The molecule has 2 aliphatic heterocycles. The first kappa shape index (κ1) is 47.4. The Morgan fingerprint density at radius 3 is 1.87 bits per heavy atom. The second-order valence-corrected chi connectivity index (χ2v) is 13.2. The standard InChI is InChI=1S/C26H50O16S2.2Na/c1-2-3-4-5-6-7-8-9-10-11-12-13-14-37-15-18(27)23-24(19(28)16-38-23)41-26-22(30)25(42-44(34,35)36)21(29)20(40-26)17-39-43(31,32)33;;/h18-30H,2-17H2,1H3,(H,31,32,33)(H,34,35,36);;/q;2*+1/p-2/t18-,19+,20+,21-,22+,23+,24-,25-,26-;;/m0../s1. The van der Waals surface area contributed by atoms with E-state index in [1.807, 2.05) is 0 Å². The molecule has 0 aromatic heterocycles. The molecule has 2 heterocycles. The molecule has 46 heavy (non-hydrogen) atoms. The van der Waals surface area contributed by atoms with Gasteiger partial charge in [0.15, 0.2) is 6.29 Å². The van der Waals surface area contributed by atoms with Crippen molar-refractivity contribution in [1.29, 1.82) is 0 Å². The van der Waals surface area contributed by atoms with E-state index in [1.54, 1.807) is 0 Å². The predicted octanol–water partition coefficient (Wildman–Crippen LogP) is -6.01. The second-order valence-electron chi connectivity index (χ2n) is 11.2. The fourth-order valence-electron chi connectivity index (χ4n) is 5.17. The van der Waals surface area contributed by atoms with E-state index in [-0.39, 0.29) is 72.3 Å². The number of rotatable bonds is 23. The summed E-state index contributed by atoms with van der Waals surface area (Å²) in [7, 11) is -10.8. The van der Waals surface area contributed by atoms with Gasteiger partial charge in [-0.1, -0.05) is 77.6 Å². The minimum Gasteiger partial charge on any atom is -0.726 e.